The molecule has 0 spiro atoms. The second-order valence-electron chi connectivity index (χ2n) is 6.74. The molecule has 1 amide bonds. The number of methoxy groups -OCH3 is 1. The van der Waals surface area contributed by atoms with Gasteiger partial charge in [-0.25, -0.2) is 0 Å². The number of hydrogen-bond donors (Lipinski definition) is 2. The third-order valence-electron chi connectivity index (χ3n) is 4.65. The Bertz CT molecular complexity index is 978. The van der Waals surface area contributed by atoms with Crippen LogP contribution in [-0.4, -0.2) is 18.2 Å². The molecule has 1 aromatic heterocycles. The van der Waals surface area contributed by atoms with Crippen molar-refractivity contribution in [1.82, 2.24) is 10.5 Å². The van der Waals surface area contributed by atoms with E-state index in [0.29, 0.717) is 36.8 Å². The Kier molecular flexibility index (Phi) is 6.51. The predicted octanol–water partition coefficient (Wildman–Crippen LogP) is 3.27. The van der Waals surface area contributed by atoms with Gasteiger partial charge in [-0.05, 0) is 49.2 Å². The molecule has 0 aliphatic rings. The zero-order valence-corrected chi connectivity index (χ0v) is 16.8. The van der Waals surface area contributed by atoms with Gasteiger partial charge in [-0.3, -0.25) is 4.79 Å². The van der Waals surface area contributed by atoms with Crippen molar-refractivity contribution in [3.63, 3.8) is 0 Å². The number of aromatic nitrogens is 1. The lowest BCUT2D eigenvalue weighted by atomic mass is 10.1. The molecule has 3 aromatic rings. The van der Waals surface area contributed by atoms with Gasteiger partial charge in [-0.15, -0.1) is 0 Å². The van der Waals surface area contributed by atoms with E-state index in [0.717, 1.165) is 28.1 Å². The Morgan fingerprint density at radius 1 is 1.10 bits per heavy atom. The number of amides is 1. The fraction of sp³-hybridized carbons (Fsp3) is 0.273. The minimum atomic E-state index is -0.427. The van der Waals surface area contributed by atoms with Gasteiger partial charge >= 0.3 is 0 Å². The van der Waals surface area contributed by atoms with Gasteiger partial charge in [-0.2, -0.15) is 0 Å². The van der Waals surface area contributed by atoms with Gasteiger partial charge in [0.1, 0.15) is 12.4 Å². The molecule has 0 radical (unpaired) electrons. The summed E-state index contributed by atoms with van der Waals surface area (Å²) in [7, 11) is 1.62. The van der Waals surface area contributed by atoms with E-state index < -0.39 is 5.91 Å². The van der Waals surface area contributed by atoms with Crippen LogP contribution in [0.2, 0.25) is 0 Å². The second kappa shape index (κ2) is 9.25. The summed E-state index contributed by atoms with van der Waals surface area (Å²) in [5.74, 6) is 1.64. The highest BCUT2D eigenvalue weighted by atomic mass is 16.5. The number of nitrogens with one attached hydrogen (secondary N) is 1. The Morgan fingerprint density at radius 3 is 2.52 bits per heavy atom. The number of primary amides is 1. The minimum absolute atomic E-state index is 0.366. The summed E-state index contributed by atoms with van der Waals surface area (Å²) < 4.78 is 16.6. The first-order chi connectivity index (χ1) is 14.0. The normalized spacial score (nSPS) is 10.7. The van der Waals surface area contributed by atoms with Crippen molar-refractivity contribution >= 4 is 5.91 Å². The Morgan fingerprint density at radius 2 is 1.86 bits per heavy atom. The minimum Gasteiger partial charge on any atom is -0.493 e. The molecule has 2 aromatic carbocycles. The van der Waals surface area contributed by atoms with Crippen LogP contribution in [-0.2, 0) is 19.7 Å². The van der Waals surface area contributed by atoms with Crippen LogP contribution in [0.3, 0.4) is 0 Å². The Balaban J connectivity index is 1.60. The molecular formula is C22H25N3O4. The molecule has 0 bridgehead atoms. The van der Waals surface area contributed by atoms with Crippen LogP contribution in [0.5, 0.6) is 11.5 Å². The third-order valence-corrected chi connectivity index (χ3v) is 4.65. The Labute approximate surface area is 169 Å². The maximum Gasteiger partial charge on any atom is 0.248 e. The molecule has 0 saturated heterocycles. The number of aryl methyl sites for hydroxylation is 2. The number of ether oxygens (including phenoxy) is 2. The van der Waals surface area contributed by atoms with Gasteiger partial charge < -0.3 is 25.0 Å². The maximum atomic E-state index is 11.3. The molecule has 3 rings (SSSR count). The van der Waals surface area contributed by atoms with Crippen molar-refractivity contribution in [3.05, 3.63) is 76.2 Å². The maximum absolute atomic E-state index is 11.3. The van der Waals surface area contributed by atoms with Crippen molar-refractivity contribution < 1.29 is 18.8 Å². The van der Waals surface area contributed by atoms with Crippen LogP contribution in [0, 0.1) is 13.8 Å². The molecular weight excluding hydrogens is 370 g/mol. The van der Waals surface area contributed by atoms with Gasteiger partial charge in [0.25, 0.3) is 0 Å². The standard InChI is InChI=1S/C22H25N3O4/c1-14-19(15(2)29-25-14)13-28-20-8-7-17(10-21(20)27-3)12-24-11-16-5-4-6-18(9-16)22(23)26/h4-10,24H,11-13H2,1-3H3,(H2,23,26). The van der Waals surface area contributed by atoms with E-state index in [4.69, 9.17) is 19.7 Å². The van der Waals surface area contributed by atoms with Crippen LogP contribution in [0.4, 0.5) is 0 Å². The highest BCUT2D eigenvalue weighted by Crippen LogP contribution is 2.29. The molecule has 0 unspecified atom stereocenters. The summed E-state index contributed by atoms with van der Waals surface area (Å²) in [5.41, 5.74) is 9.64. The lowest BCUT2D eigenvalue weighted by molar-refractivity contribution is 0.1000. The molecule has 1 heterocycles. The largest absolute Gasteiger partial charge is 0.493 e. The first-order valence-electron chi connectivity index (χ1n) is 9.29. The molecule has 0 fully saturated rings. The number of carbonyl (C=O) groups is 1. The third kappa shape index (κ3) is 5.14. The van der Waals surface area contributed by atoms with Gasteiger partial charge in [0.15, 0.2) is 11.5 Å². The van der Waals surface area contributed by atoms with E-state index in [2.05, 4.69) is 10.5 Å². The monoisotopic (exact) mass is 395 g/mol. The summed E-state index contributed by atoms with van der Waals surface area (Å²) in [4.78, 5) is 11.3. The fourth-order valence-corrected chi connectivity index (χ4v) is 2.98. The van der Waals surface area contributed by atoms with E-state index in [1.54, 1.807) is 19.2 Å². The van der Waals surface area contributed by atoms with Crippen LogP contribution < -0.4 is 20.5 Å². The number of hydrogen-bond acceptors (Lipinski definition) is 6. The SMILES string of the molecule is COc1cc(CNCc2cccc(C(N)=O)c2)ccc1OCc1c(C)noc1C. The average Bonchev–Trinajstić information content (AvgIpc) is 3.04. The second-order valence-corrected chi connectivity index (χ2v) is 6.74. The number of nitrogens with zero attached hydrogens (tertiary/aromatic N) is 1. The molecule has 152 valence electrons. The molecule has 0 aliphatic carbocycles. The molecule has 7 nitrogen and oxygen atoms in total. The van der Waals surface area contributed by atoms with E-state index in [1.165, 1.54) is 0 Å². The lowest BCUT2D eigenvalue weighted by Crippen LogP contribution is -2.15. The highest BCUT2D eigenvalue weighted by molar-refractivity contribution is 5.92. The van der Waals surface area contributed by atoms with E-state index in [9.17, 15) is 4.79 Å². The number of nitrogens with two attached hydrogens (primary N) is 1. The van der Waals surface area contributed by atoms with Crippen molar-refractivity contribution in [2.45, 2.75) is 33.5 Å². The summed E-state index contributed by atoms with van der Waals surface area (Å²) in [6.07, 6.45) is 0. The fourth-order valence-electron chi connectivity index (χ4n) is 2.98. The van der Waals surface area contributed by atoms with Crippen molar-refractivity contribution in [2.24, 2.45) is 5.73 Å². The van der Waals surface area contributed by atoms with Gasteiger partial charge in [0, 0.05) is 18.7 Å². The number of carbonyl (C=O) groups excluding carboxylic acids is 1. The molecule has 0 atom stereocenters. The van der Waals surface area contributed by atoms with Crippen LogP contribution in [0.25, 0.3) is 0 Å². The van der Waals surface area contributed by atoms with E-state index in [-0.39, 0.29) is 0 Å². The summed E-state index contributed by atoms with van der Waals surface area (Å²) in [5, 5.41) is 7.29. The quantitative estimate of drug-likeness (QED) is 0.577. The molecule has 0 aliphatic heterocycles. The molecule has 3 N–H and O–H groups in total. The van der Waals surface area contributed by atoms with Gasteiger partial charge in [0.05, 0.1) is 18.4 Å². The number of rotatable bonds is 9. The summed E-state index contributed by atoms with van der Waals surface area (Å²) >= 11 is 0. The molecule has 0 saturated carbocycles. The van der Waals surface area contributed by atoms with Crippen molar-refractivity contribution in [1.29, 1.82) is 0 Å². The van der Waals surface area contributed by atoms with Crippen LogP contribution >= 0.6 is 0 Å². The van der Waals surface area contributed by atoms with E-state index >= 15 is 0 Å². The zero-order chi connectivity index (χ0) is 20.8. The highest BCUT2D eigenvalue weighted by Gasteiger charge is 2.12. The zero-order valence-electron chi connectivity index (χ0n) is 16.8. The summed E-state index contributed by atoms with van der Waals surface area (Å²) in [6.45, 7) is 5.38. The summed E-state index contributed by atoms with van der Waals surface area (Å²) in [6, 6.07) is 13.1. The van der Waals surface area contributed by atoms with Crippen molar-refractivity contribution in [3.8, 4) is 11.5 Å². The molecule has 7 heteroatoms. The predicted molar refractivity (Wildman–Crippen MR) is 109 cm³/mol. The topological polar surface area (TPSA) is 99.6 Å². The average molecular weight is 395 g/mol. The Hall–Kier alpha value is -3.32. The lowest BCUT2D eigenvalue weighted by Gasteiger charge is -2.13. The van der Waals surface area contributed by atoms with Gasteiger partial charge in [-0.1, -0.05) is 23.4 Å². The van der Waals surface area contributed by atoms with E-state index in [1.807, 2.05) is 44.2 Å². The molecule has 29 heavy (non-hydrogen) atoms. The smallest absolute Gasteiger partial charge is 0.248 e. The first-order valence-corrected chi connectivity index (χ1v) is 9.29. The van der Waals surface area contributed by atoms with Crippen LogP contribution in [0.1, 0.15) is 38.5 Å². The van der Waals surface area contributed by atoms with Crippen LogP contribution in [0.15, 0.2) is 47.0 Å². The number of benzene rings is 2. The van der Waals surface area contributed by atoms with Crippen molar-refractivity contribution in [2.75, 3.05) is 7.11 Å². The van der Waals surface area contributed by atoms with Gasteiger partial charge in [0.2, 0.25) is 5.91 Å². The first kappa shape index (κ1) is 20.4.